The third kappa shape index (κ3) is 2.83. The summed E-state index contributed by atoms with van der Waals surface area (Å²) in [6, 6.07) is 4.93. The molecule has 3 N–H and O–H groups in total. The number of amides is 1. The number of aromatic nitrogens is 2. The van der Waals surface area contributed by atoms with Crippen LogP contribution in [0.4, 0.5) is 11.5 Å². The summed E-state index contributed by atoms with van der Waals surface area (Å²) < 4.78 is 9.51. The van der Waals surface area contributed by atoms with Gasteiger partial charge < -0.3 is 15.8 Å². The largest absolute Gasteiger partial charge is 0.495 e. The van der Waals surface area contributed by atoms with E-state index < -0.39 is 5.92 Å². The first-order chi connectivity index (χ1) is 9.52. The molecule has 0 bridgehead atoms. The molecule has 0 fully saturated rings. The van der Waals surface area contributed by atoms with Crippen LogP contribution in [0.15, 0.2) is 22.8 Å². The van der Waals surface area contributed by atoms with Crippen molar-refractivity contribution in [1.82, 2.24) is 10.3 Å². The molecule has 1 heterocycles. The van der Waals surface area contributed by atoms with E-state index in [0.29, 0.717) is 22.2 Å². The summed E-state index contributed by atoms with van der Waals surface area (Å²) in [5.41, 5.74) is 6.39. The number of methoxy groups -OCH3 is 1. The molecule has 1 amide bonds. The number of ether oxygens (including phenoxy) is 1. The fourth-order valence-electron chi connectivity index (χ4n) is 1.62. The van der Waals surface area contributed by atoms with Crippen molar-refractivity contribution < 1.29 is 14.2 Å². The average Bonchev–Trinajstić information content (AvgIpc) is 2.84. The van der Waals surface area contributed by atoms with E-state index in [0.717, 1.165) is 0 Å². The maximum absolute atomic E-state index is 12.1. The van der Waals surface area contributed by atoms with Crippen molar-refractivity contribution in [3.05, 3.63) is 28.9 Å². The standard InChI is InChI=1S/C12H13ClN4O3/c1-6(10-11(14)17-20-16-10)12(18)15-7-3-4-9(19-2)8(13)5-7/h3-6H,1-2H3,(H2,14,17)(H,15,18). The van der Waals surface area contributed by atoms with Crippen LogP contribution in [0, 0.1) is 0 Å². The van der Waals surface area contributed by atoms with Gasteiger partial charge in [-0.3, -0.25) is 4.79 Å². The minimum absolute atomic E-state index is 0.0976. The second-order valence-electron chi connectivity index (χ2n) is 4.09. The average molecular weight is 297 g/mol. The van der Waals surface area contributed by atoms with Crippen molar-refractivity contribution in [3.8, 4) is 5.75 Å². The van der Waals surface area contributed by atoms with E-state index in [1.165, 1.54) is 7.11 Å². The van der Waals surface area contributed by atoms with Gasteiger partial charge in [0.2, 0.25) is 5.91 Å². The molecular weight excluding hydrogens is 284 g/mol. The van der Waals surface area contributed by atoms with Crippen LogP contribution in [-0.2, 0) is 4.79 Å². The zero-order valence-corrected chi connectivity index (χ0v) is 11.6. The predicted octanol–water partition coefficient (Wildman–Crippen LogP) is 2.06. The molecular formula is C12H13ClN4O3. The lowest BCUT2D eigenvalue weighted by molar-refractivity contribution is -0.117. The Morgan fingerprint density at radius 1 is 1.50 bits per heavy atom. The topological polar surface area (TPSA) is 103 Å². The fourth-order valence-corrected chi connectivity index (χ4v) is 1.88. The highest BCUT2D eigenvalue weighted by Crippen LogP contribution is 2.28. The lowest BCUT2D eigenvalue weighted by Gasteiger charge is -2.11. The lowest BCUT2D eigenvalue weighted by Crippen LogP contribution is -2.20. The van der Waals surface area contributed by atoms with E-state index in [9.17, 15) is 4.79 Å². The Hall–Kier alpha value is -2.28. The Bertz CT molecular complexity index is 629. The summed E-state index contributed by atoms with van der Waals surface area (Å²) in [5, 5.41) is 10.2. The van der Waals surface area contributed by atoms with Gasteiger partial charge in [0.25, 0.3) is 0 Å². The number of halogens is 1. The van der Waals surface area contributed by atoms with Crippen molar-refractivity contribution in [3.63, 3.8) is 0 Å². The molecule has 0 spiro atoms. The first-order valence-corrected chi connectivity index (χ1v) is 6.13. The summed E-state index contributed by atoms with van der Waals surface area (Å²) in [6.07, 6.45) is 0. The Kier molecular flexibility index (Phi) is 4.09. The molecule has 2 aromatic rings. The maximum atomic E-state index is 12.1. The summed E-state index contributed by atoms with van der Waals surface area (Å²) in [7, 11) is 1.52. The molecule has 106 valence electrons. The minimum Gasteiger partial charge on any atom is -0.495 e. The Balaban J connectivity index is 2.12. The Labute approximate surface area is 120 Å². The van der Waals surface area contributed by atoms with Gasteiger partial charge in [-0.15, -0.1) is 0 Å². The van der Waals surface area contributed by atoms with Gasteiger partial charge in [-0.25, -0.2) is 4.63 Å². The number of nitrogen functional groups attached to an aromatic ring is 1. The third-order valence-electron chi connectivity index (χ3n) is 2.76. The lowest BCUT2D eigenvalue weighted by atomic mass is 10.1. The second-order valence-corrected chi connectivity index (χ2v) is 4.50. The molecule has 1 aromatic heterocycles. The highest BCUT2D eigenvalue weighted by Gasteiger charge is 2.22. The first kappa shape index (κ1) is 14.1. The number of nitrogens with two attached hydrogens (primary N) is 1. The summed E-state index contributed by atoms with van der Waals surface area (Å²) in [6.45, 7) is 1.65. The molecule has 8 heteroatoms. The Morgan fingerprint density at radius 3 is 2.80 bits per heavy atom. The smallest absolute Gasteiger partial charge is 0.233 e. The number of hydrogen-bond donors (Lipinski definition) is 2. The molecule has 1 aromatic carbocycles. The van der Waals surface area contributed by atoms with Crippen LogP contribution in [0.25, 0.3) is 0 Å². The molecule has 1 unspecified atom stereocenters. The number of carbonyl (C=O) groups is 1. The van der Waals surface area contributed by atoms with Crippen molar-refractivity contribution in [2.75, 3.05) is 18.2 Å². The van der Waals surface area contributed by atoms with Crippen molar-refractivity contribution in [2.45, 2.75) is 12.8 Å². The van der Waals surface area contributed by atoms with E-state index >= 15 is 0 Å². The summed E-state index contributed by atoms with van der Waals surface area (Å²) in [5.74, 6) is -0.265. The number of nitrogens with one attached hydrogen (secondary N) is 1. The van der Waals surface area contributed by atoms with Crippen molar-refractivity contribution in [1.29, 1.82) is 0 Å². The molecule has 2 rings (SSSR count). The maximum Gasteiger partial charge on any atom is 0.233 e. The van der Waals surface area contributed by atoms with Crippen molar-refractivity contribution in [2.24, 2.45) is 0 Å². The molecule has 0 aliphatic carbocycles. The minimum atomic E-state index is -0.595. The van der Waals surface area contributed by atoms with Gasteiger partial charge >= 0.3 is 0 Å². The van der Waals surface area contributed by atoms with Gasteiger partial charge in [-0.2, -0.15) is 0 Å². The van der Waals surface area contributed by atoms with Gasteiger partial charge in [-0.1, -0.05) is 16.8 Å². The van der Waals surface area contributed by atoms with E-state index in [1.807, 2.05) is 0 Å². The number of rotatable bonds is 4. The SMILES string of the molecule is COc1ccc(NC(=O)C(C)c2nonc2N)cc1Cl. The number of benzene rings is 1. The number of anilines is 2. The molecule has 0 radical (unpaired) electrons. The predicted molar refractivity (Wildman–Crippen MR) is 73.8 cm³/mol. The number of hydrogen-bond acceptors (Lipinski definition) is 6. The van der Waals surface area contributed by atoms with Crippen LogP contribution in [0.3, 0.4) is 0 Å². The molecule has 7 nitrogen and oxygen atoms in total. The molecule has 0 saturated heterocycles. The van der Waals surface area contributed by atoms with Crippen LogP contribution in [0.5, 0.6) is 5.75 Å². The van der Waals surface area contributed by atoms with Crippen LogP contribution >= 0.6 is 11.6 Å². The highest BCUT2D eigenvalue weighted by atomic mass is 35.5. The van der Waals surface area contributed by atoms with Crippen LogP contribution in [0.1, 0.15) is 18.5 Å². The van der Waals surface area contributed by atoms with Gasteiger partial charge in [0.1, 0.15) is 11.4 Å². The van der Waals surface area contributed by atoms with Gasteiger partial charge in [0.05, 0.1) is 18.1 Å². The second kappa shape index (κ2) is 5.79. The summed E-state index contributed by atoms with van der Waals surface area (Å²) in [4.78, 5) is 12.1. The van der Waals surface area contributed by atoms with Gasteiger partial charge in [0.15, 0.2) is 5.82 Å². The van der Waals surface area contributed by atoms with Gasteiger partial charge in [0, 0.05) is 5.69 Å². The zero-order valence-electron chi connectivity index (χ0n) is 10.9. The molecule has 20 heavy (non-hydrogen) atoms. The van der Waals surface area contributed by atoms with E-state index in [-0.39, 0.29) is 11.7 Å². The third-order valence-corrected chi connectivity index (χ3v) is 3.06. The number of nitrogens with zero attached hydrogens (tertiary/aromatic N) is 2. The molecule has 0 aliphatic rings. The van der Waals surface area contributed by atoms with E-state index in [4.69, 9.17) is 22.1 Å². The molecule has 0 saturated carbocycles. The van der Waals surface area contributed by atoms with E-state index in [1.54, 1.807) is 25.1 Å². The highest BCUT2D eigenvalue weighted by molar-refractivity contribution is 6.32. The quantitative estimate of drug-likeness (QED) is 0.895. The van der Waals surface area contributed by atoms with Crippen molar-refractivity contribution >= 4 is 29.0 Å². The van der Waals surface area contributed by atoms with Crippen LogP contribution in [0.2, 0.25) is 5.02 Å². The summed E-state index contributed by atoms with van der Waals surface area (Å²) >= 11 is 5.98. The fraction of sp³-hybridized carbons (Fsp3) is 0.250. The number of carbonyl (C=O) groups excluding carboxylic acids is 1. The molecule has 1 atom stereocenters. The van der Waals surface area contributed by atoms with Crippen LogP contribution in [-0.4, -0.2) is 23.3 Å². The van der Waals surface area contributed by atoms with Crippen LogP contribution < -0.4 is 15.8 Å². The monoisotopic (exact) mass is 296 g/mol. The first-order valence-electron chi connectivity index (χ1n) is 5.75. The van der Waals surface area contributed by atoms with E-state index in [2.05, 4.69) is 20.3 Å². The zero-order chi connectivity index (χ0) is 14.7. The normalized spacial score (nSPS) is 11.9. The van der Waals surface area contributed by atoms with Gasteiger partial charge in [-0.05, 0) is 30.3 Å². The molecule has 0 aliphatic heterocycles. The Morgan fingerprint density at radius 2 is 2.25 bits per heavy atom.